The molecule has 0 atom stereocenters. The average Bonchev–Trinajstić information content (AvgIpc) is 2.28. The van der Waals surface area contributed by atoms with Gasteiger partial charge in [-0.25, -0.2) is 0 Å². The van der Waals surface area contributed by atoms with Crippen LogP contribution in [-0.4, -0.2) is 42.8 Å². The van der Waals surface area contributed by atoms with Gasteiger partial charge < -0.3 is 19.7 Å². The molecule has 0 aliphatic rings. The van der Waals surface area contributed by atoms with E-state index in [1.165, 1.54) is 7.11 Å². The SMILES string of the molecule is CCN(C)Cc1ccc(OC)c(B(O)O)c1. The second-order valence-corrected chi connectivity index (χ2v) is 3.78. The van der Waals surface area contributed by atoms with E-state index in [2.05, 4.69) is 11.8 Å². The van der Waals surface area contributed by atoms with Gasteiger partial charge in [0, 0.05) is 12.0 Å². The smallest absolute Gasteiger partial charge is 0.492 e. The van der Waals surface area contributed by atoms with Crippen LogP contribution in [0.3, 0.4) is 0 Å². The van der Waals surface area contributed by atoms with Crippen molar-refractivity contribution in [2.45, 2.75) is 13.5 Å². The molecular formula is C11H18BNO3. The number of methoxy groups -OCH3 is 1. The standard InChI is InChI=1S/C11H18BNO3/c1-4-13(2)8-9-5-6-11(16-3)10(7-9)12(14)15/h5-7,14-15H,4,8H2,1-3H3. The van der Waals surface area contributed by atoms with Gasteiger partial charge in [0.05, 0.1) is 7.11 Å². The highest BCUT2D eigenvalue weighted by molar-refractivity contribution is 6.59. The first-order valence-corrected chi connectivity index (χ1v) is 5.30. The summed E-state index contributed by atoms with van der Waals surface area (Å²) in [6.45, 7) is 3.80. The Hall–Kier alpha value is -1.04. The summed E-state index contributed by atoms with van der Waals surface area (Å²) in [7, 11) is 2.03. The van der Waals surface area contributed by atoms with Gasteiger partial charge in [-0.3, -0.25) is 0 Å². The fraction of sp³-hybridized carbons (Fsp3) is 0.455. The number of hydrogen-bond acceptors (Lipinski definition) is 4. The molecule has 0 saturated carbocycles. The summed E-state index contributed by atoms with van der Waals surface area (Å²) in [6.07, 6.45) is 0. The molecule has 0 heterocycles. The molecule has 1 aromatic rings. The molecule has 0 amide bonds. The molecule has 0 bridgehead atoms. The zero-order valence-corrected chi connectivity index (χ0v) is 9.97. The van der Waals surface area contributed by atoms with Crippen LogP contribution in [0.25, 0.3) is 0 Å². The Kier molecular flexibility index (Phi) is 4.80. The van der Waals surface area contributed by atoms with Crippen molar-refractivity contribution in [2.75, 3.05) is 20.7 Å². The molecule has 0 saturated heterocycles. The minimum atomic E-state index is -1.50. The van der Waals surface area contributed by atoms with Crippen LogP contribution in [0.15, 0.2) is 18.2 Å². The zero-order chi connectivity index (χ0) is 12.1. The van der Waals surface area contributed by atoms with Crippen molar-refractivity contribution in [3.05, 3.63) is 23.8 Å². The third-order valence-electron chi connectivity index (χ3n) is 2.56. The molecule has 16 heavy (non-hydrogen) atoms. The number of rotatable bonds is 5. The Morgan fingerprint density at radius 1 is 1.38 bits per heavy atom. The van der Waals surface area contributed by atoms with Crippen LogP contribution < -0.4 is 10.2 Å². The molecule has 4 nitrogen and oxygen atoms in total. The van der Waals surface area contributed by atoms with Crippen molar-refractivity contribution in [1.29, 1.82) is 0 Å². The number of hydrogen-bond donors (Lipinski definition) is 2. The molecule has 88 valence electrons. The summed E-state index contributed by atoms with van der Waals surface area (Å²) < 4.78 is 5.06. The second kappa shape index (κ2) is 5.89. The van der Waals surface area contributed by atoms with Gasteiger partial charge in [0.25, 0.3) is 0 Å². The topological polar surface area (TPSA) is 52.9 Å². The third-order valence-corrected chi connectivity index (χ3v) is 2.56. The number of ether oxygens (including phenoxy) is 1. The maximum absolute atomic E-state index is 9.21. The molecule has 0 spiro atoms. The van der Waals surface area contributed by atoms with Crippen molar-refractivity contribution < 1.29 is 14.8 Å². The summed E-state index contributed by atoms with van der Waals surface area (Å²) in [5, 5.41) is 18.4. The lowest BCUT2D eigenvalue weighted by Gasteiger charge is -2.15. The molecule has 1 rings (SSSR count). The first-order valence-electron chi connectivity index (χ1n) is 5.30. The summed E-state index contributed by atoms with van der Waals surface area (Å²) in [6, 6.07) is 5.44. The van der Waals surface area contributed by atoms with Gasteiger partial charge in [-0.15, -0.1) is 0 Å². The number of benzene rings is 1. The fourth-order valence-electron chi connectivity index (χ4n) is 1.51. The van der Waals surface area contributed by atoms with E-state index in [4.69, 9.17) is 4.74 Å². The molecule has 0 radical (unpaired) electrons. The number of nitrogens with zero attached hydrogens (tertiary/aromatic N) is 1. The van der Waals surface area contributed by atoms with Gasteiger partial charge in [0.15, 0.2) is 0 Å². The average molecular weight is 223 g/mol. The van der Waals surface area contributed by atoms with E-state index in [0.29, 0.717) is 11.2 Å². The predicted molar refractivity (Wildman–Crippen MR) is 64.8 cm³/mol. The Balaban J connectivity index is 2.93. The van der Waals surface area contributed by atoms with Crippen LogP contribution >= 0.6 is 0 Å². The quantitative estimate of drug-likeness (QED) is 0.680. The Morgan fingerprint density at radius 3 is 2.56 bits per heavy atom. The molecule has 2 N–H and O–H groups in total. The summed E-state index contributed by atoms with van der Waals surface area (Å²) >= 11 is 0. The van der Waals surface area contributed by atoms with E-state index < -0.39 is 7.12 Å². The lowest BCUT2D eigenvalue weighted by atomic mass is 9.78. The maximum Gasteiger partial charge on any atom is 0.492 e. The highest BCUT2D eigenvalue weighted by Crippen LogP contribution is 2.11. The van der Waals surface area contributed by atoms with Gasteiger partial charge in [-0.05, 0) is 25.2 Å². The van der Waals surface area contributed by atoms with Crippen LogP contribution in [0.5, 0.6) is 5.75 Å². The molecule has 0 aromatic heterocycles. The van der Waals surface area contributed by atoms with Crippen molar-refractivity contribution in [1.82, 2.24) is 4.90 Å². The van der Waals surface area contributed by atoms with Crippen molar-refractivity contribution >= 4 is 12.6 Å². The Labute approximate surface area is 96.6 Å². The summed E-state index contributed by atoms with van der Waals surface area (Å²) in [4.78, 5) is 2.13. The minimum Gasteiger partial charge on any atom is -0.497 e. The van der Waals surface area contributed by atoms with E-state index >= 15 is 0 Å². The van der Waals surface area contributed by atoms with Crippen LogP contribution in [-0.2, 0) is 6.54 Å². The van der Waals surface area contributed by atoms with E-state index in [0.717, 1.165) is 18.7 Å². The predicted octanol–water partition coefficient (Wildman–Crippen LogP) is -0.173. The van der Waals surface area contributed by atoms with Crippen LogP contribution in [0.1, 0.15) is 12.5 Å². The largest absolute Gasteiger partial charge is 0.497 e. The molecule has 1 aromatic carbocycles. The van der Waals surface area contributed by atoms with Crippen molar-refractivity contribution in [3.63, 3.8) is 0 Å². The summed E-state index contributed by atoms with van der Waals surface area (Å²) in [5.74, 6) is 0.498. The maximum atomic E-state index is 9.21. The van der Waals surface area contributed by atoms with Gasteiger partial charge in [0.1, 0.15) is 5.75 Å². The van der Waals surface area contributed by atoms with Gasteiger partial charge in [-0.1, -0.05) is 19.1 Å². The molecule has 0 fully saturated rings. The fourth-order valence-corrected chi connectivity index (χ4v) is 1.51. The Bertz CT molecular complexity index is 344. The first-order chi connectivity index (χ1) is 7.58. The van der Waals surface area contributed by atoms with Crippen LogP contribution in [0, 0.1) is 0 Å². The molecular weight excluding hydrogens is 205 g/mol. The normalized spacial score (nSPS) is 10.6. The summed E-state index contributed by atoms with van der Waals surface area (Å²) in [5.41, 5.74) is 1.44. The molecule has 0 aliphatic heterocycles. The van der Waals surface area contributed by atoms with E-state index in [1.54, 1.807) is 12.1 Å². The van der Waals surface area contributed by atoms with E-state index in [-0.39, 0.29) is 0 Å². The third kappa shape index (κ3) is 3.23. The van der Waals surface area contributed by atoms with Gasteiger partial charge in [-0.2, -0.15) is 0 Å². The van der Waals surface area contributed by atoms with Crippen LogP contribution in [0.2, 0.25) is 0 Å². The lowest BCUT2D eigenvalue weighted by Crippen LogP contribution is -2.32. The molecule has 0 unspecified atom stereocenters. The van der Waals surface area contributed by atoms with Gasteiger partial charge in [0.2, 0.25) is 0 Å². The second-order valence-electron chi connectivity index (χ2n) is 3.78. The highest BCUT2D eigenvalue weighted by atomic mass is 16.5. The molecule has 5 heteroatoms. The van der Waals surface area contributed by atoms with Crippen molar-refractivity contribution in [2.24, 2.45) is 0 Å². The van der Waals surface area contributed by atoms with E-state index in [1.807, 2.05) is 13.1 Å². The van der Waals surface area contributed by atoms with E-state index in [9.17, 15) is 10.0 Å². The Morgan fingerprint density at radius 2 is 2.06 bits per heavy atom. The monoisotopic (exact) mass is 223 g/mol. The minimum absolute atomic E-state index is 0.407. The van der Waals surface area contributed by atoms with Crippen LogP contribution in [0.4, 0.5) is 0 Å². The molecule has 0 aliphatic carbocycles. The highest BCUT2D eigenvalue weighted by Gasteiger charge is 2.17. The van der Waals surface area contributed by atoms with Gasteiger partial charge >= 0.3 is 7.12 Å². The lowest BCUT2D eigenvalue weighted by molar-refractivity contribution is 0.345. The first kappa shape index (κ1) is 13.0. The van der Waals surface area contributed by atoms with Crippen molar-refractivity contribution in [3.8, 4) is 5.75 Å². The zero-order valence-electron chi connectivity index (χ0n) is 9.97.